The van der Waals surface area contributed by atoms with Crippen LogP contribution >= 0.6 is 24.8 Å². The van der Waals surface area contributed by atoms with Crippen LogP contribution in [0.1, 0.15) is 16.2 Å². The molecule has 8 nitrogen and oxygen atoms in total. The number of carbonyl (C=O) groups excluding carboxylic acids is 1. The Bertz CT molecular complexity index is 989. The molecule has 0 spiro atoms. The standard InChI is InChI=1S/C21H23N5O3.2ClH/c1-28-16-8-6-15(7-9-16)20-23-19(29-24-20)14-25-10-12-26(13-11-25)21(27)17-4-2-3-5-18(17)22;;/h2-9H,10-14,22H2,1H3;2*1H. The highest BCUT2D eigenvalue weighted by Crippen LogP contribution is 2.20. The highest BCUT2D eigenvalue weighted by atomic mass is 35.5. The molecule has 1 aromatic heterocycles. The zero-order valence-electron chi connectivity index (χ0n) is 17.1. The van der Waals surface area contributed by atoms with Crippen molar-refractivity contribution < 1.29 is 14.1 Å². The molecule has 0 atom stereocenters. The fourth-order valence-corrected chi connectivity index (χ4v) is 3.34. The lowest BCUT2D eigenvalue weighted by Gasteiger charge is -2.34. The number of rotatable bonds is 5. The number of carbonyl (C=O) groups is 1. The van der Waals surface area contributed by atoms with Crippen LogP contribution in [-0.2, 0) is 6.54 Å². The molecule has 1 fully saturated rings. The summed E-state index contributed by atoms with van der Waals surface area (Å²) in [5.74, 6) is 1.86. The van der Waals surface area contributed by atoms with Crippen LogP contribution in [0.5, 0.6) is 5.75 Å². The molecule has 0 bridgehead atoms. The Labute approximate surface area is 193 Å². The zero-order valence-corrected chi connectivity index (χ0v) is 18.7. The Kier molecular flexibility index (Phi) is 8.67. The first-order valence-electron chi connectivity index (χ1n) is 9.47. The zero-order chi connectivity index (χ0) is 20.2. The van der Waals surface area contributed by atoms with Gasteiger partial charge >= 0.3 is 0 Å². The van der Waals surface area contributed by atoms with Crippen molar-refractivity contribution in [2.45, 2.75) is 6.54 Å². The lowest BCUT2D eigenvalue weighted by molar-refractivity contribution is 0.0616. The van der Waals surface area contributed by atoms with E-state index in [1.165, 1.54) is 0 Å². The predicted octanol–water partition coefficient (Wildman–Crippen LogP) is 3.13. The Morgan fingerprint density at radius 1 is 1.06 bits per heavy atom. The third-order valence-electron chi connectivity index (χ3n) is 5.03. The van der Waals surface area contributed by atoms with Crippen molar-refractivity contribution in [2.24, 2.45) is 0 Å². The van der Waals surface area contributed by atoms with Crippen molar-refractivity contribution in [1.29, 1.82) is 0 Å². The molecule has 0 unspecified atom stereocenters. The van der Waals surface area contributed by atoms with Gasteiger partial charge in [0.1, 0.15) is 5.75 Å². The summed E-state index contributed by atoms with van der Waals surface area (Å²) in [7, 11) is 1.63. The van der Waals surface area contributed by atoms with Crippen LogP contribution in [0.25, 0.3) is 11.4 Å². The Morgan fingerprint density at radius 2 is 1.74 bits per heavy atom. The summed E-state index contributed by atoms with van der Waals surface area (Å²) >= 11 is 0. The van der Waals surface area contributed by atoms with E-state index in [2.05, 4.69) is 15.0 Å². The van der Waals surface area contributed by atoms with E-state index in [1.807, 2.05) is 41.3 Å². The topological polar surface area (TPSA) is 97.7 Å². The van der Waals surface area contributed by atoms with E-state index in [9.17, 15) is 4.79 Å². The fraction of sp³-hybridized carbons (Fsp3) is 0.286. The van der Waals surface area contributed by atoms with Gasteiger partial charge in [0.25, 0.3) is 5.91 Å². The van der Waals surface area contributed by atoms with Crippen LogP contribution in [-0.4, -0.2) is 59.1 Å². The molecule has 0 saturated carbocycles. The fourth-order valence-electron chi connectivity index (χ4n) is 3.34. The van der Waals surface area contributed by atoms with Crippen LogP contribution in [0.2, 0.25) is 0 Å². The molecule has 2 heterocycles. The molecule has 1 aliphatic heterocycles. The molecule has 4 rings (SSSR count). The SMILES string of the molecule is COc1ccc(-c2noc(CN3CCN(C(=O)c4ccccc4N)CC3)n2)cc1.Cl.Cl. The maximum Gasteiger partial charge on any atom is 0.256 e. The van der Waals surface area contributed by atoms with Gasteiger partial charge in [0.15, 0.2) is 0 Å². The molecule has 2 N–H and O–H groups in total. The predicted molar refractivity (Wildman–Crippen MR) is 123 cm³/mol. The van der Waals surface area contributed by atoms with Crippen LogP contribution in [0, 0.1) is 0 Å². The molecular formula is C21H25Cl2N5O3. The normalized spacial score (nSPS) is 13.8. The van der Waals surface area contributed by atoms with Crippen molar-refractivity contribution in [3.63, 3.8) is 0 Å². The average molecular weight is 466 g/mol. The third-order valence-corrected chi connectivity index (χ3v) is 5.03. The Hall–Kier alpha value is -2.81. The second-order valence-corrected chi connectivity index (χ2v) is 6.90. The van der Waals surface area contributed by atoms with Gasteiger partial charge in [-0.1, -0.05) is 17.3 Å². The number of ether oxygens (including phenoxy) is 1. The second kappa shape index (κ2) is 11.0. The average Bonchev–Trinajstić information content (AvgIpc) is 3.23. The van der Waals surface area contributed by atoms with Crippen molar-refractivity contribution in [3.8, 4) is 17.1 Å². The second-order valence-electron chi connectivity index (χ2n) is 6.90. The summed E-state index contributed by atoms with van der Waals surface area (Å²) in [6, 6.07) is 14.7. The number of hydrogen-bond donors (Lipinski definition) is 1. The number of nitrogens with zero attached hydrogens (tertiary/aromatic N) is 4. The number of amides is 1. The number of benzene rings is 2. The number of nitrogen functional groups attached to an aromatic ring is 1. The minimum absolute atomic E-state index is 0. The van der Waals surface area contributed by atoms with E-state index in [0.29, 0.717) is 42.6 Å². The highest BCUT2D eigenvalue weighted by molar-refractivity contribution is 5.99. The minimum atomic E-state index is -0.0256. The molecule has 2 aromatic carbocycles. The molecule has 1 aliphatic rings. The number of para-hydroxylation sites is 1. The maximum absolute atomic E-state index is 12.7. The quantitative estimate of drug-likeness (QED) is 0.577. The van der Waals surface area contributed by atoms with Gasteiger partial charge in [0.2, 0.25) is 11.7 Å². The first kappa shape index (κ1) is 24.5. The van der Waals surface area contributed by atoms with Gasteiger partial charge in [-0.3, -0.25) is 9.69 Å². The molecule has 10 heteroatoms. The summed E-state index contributed by atoms with van der Waals surface area (Å²) in [5, 5.41) is 4.07. The summed E-state index contributed by atoms with van der Waals surface area (Å²) in [6.45, 7) is 3.29. The summed E-state index contributed by atoms with van der Waals surface area (Å²) < 4.78 is 10.6. The third kappa shape index (κ3) is 5.66. The van der Waals surface area contributed by atoms with Gasteiger partial charge in [-0.25, -0.2) is 0 Å². The molecular weight excluding hydrogens is 441 g/mol. The maximum atomic E-state index is 12.7. The summed E-state index contributed by atoms with van der Waals surface area (Å²) in [5.41, 5.74) is 7.87. The number of nitrogens with two attached hydrogens (primary N) is 1. The van der Waals surface area contributed by atoms with Crippen molar-refractivity contribution in [2.75, 3.05) is 39.0 Å². The van der Waals surface area contributed by atoms with Gasteiger partial charge in [-0.2, -0.15) is 4.98 Å². The van der Waals surface area contributed by atoms with E-state index in [-0.39, 0.29) is 30.7 Å². The van der Waals surface area contributed by atoms with E-state index >= 15 is 0 Å². The van der Waals surface area contributed by atoms with Crippen LogP contribution in [0.3, 0.4) is 0 Å². The largest absolute Gasteiger partial charge is 0.497 e. The summed E-state index contributed by atoms with van der Waals surface area (Å²) in [6.07, 6.45) is 0. The van der Waals surface area contributed by atoms with E-state index in [1.54, 1.807) is 19.2 Å². The van der Waals surface area contributed by atoms with E-state index in [4.69, 9.17) is 15.0 Å². The molecule has 31 heavy (non-hydrogen) atoms. The molecule has 1 amide bonds. The minimum Gasteiger partial charge on any atom is -0.497 e. The Balaban J connectivity index is 0.00000171. The van der Waals surface area contributed by atoms with E-state index in [0.717, 1.165) is 24.4 Å². The number of hydrogen-bond acceptors (Lipinski definition) is 7. The van der Waals surface area contributed by atoms with E-state index < -0.39 is 0 Å². The van der Waals surface area contributed by atoms with Gasteiger partial charge in [-0.05, 0) is 36.4 Å². The number of halogens is 2. The molecule has 0 radical (unpaired) electrons. The smallest absolute Gasteiger partial charge is 0.256 e. The number of methoxy groups -OCH3 is 1. The van der Waals surface area contributed by atoms with Crippen molar-refractivity contribution in [3.05, 3.63) is 60.0 Å². The highest BCUT2D eigenvalue weighted by Gasteiger charge is 2.24. The van der Waals surface area contributed by atoms with Crippen LogP contribution in [0.15, 0.2) is 53.1 Å². The van der Waals surface area contributed by atoms with Crippen LogP contribution in [0.4, 0.5) is 5.69 Å². The number of aromatic nitrogens is 2. The molecule has 0 aliphatic carbocycles. The Morgan fingerprint density at radius 3 is 2.39 bits per heavy atom. The van der Waals surface area contributed by atoms with Crippen molar-refractivity contribution >= 4 is 36.4 Å². The number of piperazine rings is 1. The lowest BCUT2D eigenvalue weighted by atomic mass is 10.1. The molecule has 3 aromatic rings. The molecule has 1 saturated heterocycles. The first-order chi connectivity index (χ1) is 14.1. The van der Waals surface area contributed by atoms with Gasteiger partial charge in [0, 0.05) is 37.4 Å². The number of anilines is 1. The summed E-state index contributed by atoms with van der Waals surface area (Å²) in [4.78, 5) is 21.2. The van der Waals surface area contributed by atoms with Gasteiger partial charge in [0.05, 0.1) is 19.2 Å². The van der Waals surface area contributed by atoms with Crippen LogP contribution < -0.4 is 10.5 Å². The lowest BCUT2D eigenvalue weighted by Crippen LogP contribution is -2.48. The van der Waals surface area contributed by atoms with Gasteiger partial charge in [-0.15, -0.1) is 24.8 Å². The first-order valence-corrected chi connectivity index (χ1v) is 9.47. The van der Waals surface area contributed by atoms with Crippen molar-refractivity contribution in [1.82, 2.24) is 19.9 Å². The monoisotopic (exact) mass is 465 g/mol. The van der Waals surface area contributed by atoms with Gasteiger partial charge < -0.3 is 19.9 Å². The molecule has 166 valence electrons.